The number of aromatic carboxylic acids is 1. The molecule has 4 heterocycles. The van der Waals surface area contributed by atoms with E-state index in [1.165, 1.54) is 5.57 Å². The molecule has 2 aromatic heterocycles. The summed E-state index contributed by atoms with van der Waals surface area (Å²) in [5.74, 6) is -0.908. The smallest absolute Gasteiger partial charge is 0.335 e. The number of likely N-dealkylation sites (N-methyl/N-ethyl adjacent to an activating group) is 2. The zero-order valence-corrected chi connectivity index (χ0v) is 27.3. The number of benzene rings is 2. The number of aromatic nitrogens is 2. The first-order valence-corrected chi connectivity index (χ1v) is 15.9. The summed E-state index contributed by atoms with van der Waals surface area (Å²) in [6, 6.07) is 14.0. The van der Waals surface area contributed by atoms with Crippen LogP contribution < -0.4 is 11.1 Å². The predicted molar refractivity (Wildman–Crippen MR) is 185 cm³/mol. The Morgan fingerprint density at radius 3 is 1.50 bits per heavy atom. The Morgan fingerprint density at radius 1 is 0.696 bits per heavy atom. The third-order valence-corrected chi connectivity index (χ3v) is 9.03. The Bertz CT molecular complexity index is 1870. The van der Waals surface area contributed by atoms with Crippen LogP contribution in [0.3, 0.4) is 0 Å². The van der Waals surface area contributed by atoms with E-state index in [0.29, 0.717) is 18.7 Å². The second-order valence-corrected chi connectivity index (χ2v) is 12.1. The van der Waals surface area contributed by atoms with Crippen LogP contribution in [-0.2, 0) is 13.1 Å². The number of hydrogen-bond donors (Lipinski definition) is 1. The van der Waals surface area contributed by atoms with Gasteiger partial charge in [0.05, 0.1) is 16.6 Å². The van der Waals surface area contributed by atoms with Gasteiger partial charge in [-0.15, -0.1) is 0 Å². The number of carboxylic acid groups (broad SMARTS) is 1. The van der Waals surface area contributed by atoms with E-state index in [4.69, 9.17) is 0 Å². The minimum Gasteiger partial charge on any atom is -0.478 e. The maximum atomic E-state index is 12.5. The van der Waals surface area contributed by atoms with E-state index >= 15 is 0 Å². The topological polar surface area (TPSA) is 105 Å². The first-order valence-electron chi connectivity index (χ1n) is 15.9. The monoisotopic (exact) mass is 622 g/mol. The normalized spacial score (nSPS) is 15.7. The number of nitrogens with zero attached hydrogens (tertiary/aromatic N) is 4. The van der Waals surface area contributed by atoms with E-state index in [0.717, 1.165) is 77.5 Å². The van der Waals surface area contributed by atoms with Gasteiger partial charge in [0.25, 0.3) is 11.1 Å². The molecule has 1 N–H and O–H groups in total. The lowest BCUT2D eigenvalue weighted by molar-refractivity contribution is 0.0696. The largest absolute Gasteiger partial charge is 0.478 e. The number of ketones is 1. The van der Waals surface area contributed by atoms with Crippen molar-refractivity contribution in [2.24, 2.45) is 0 Å². The van der Waals surface area contributed by atoms with Crippen molar-refractivity contribution in [3.05, 3.63) is 104 Å². The summed E-state index contributed by atoms with van der Waals surface area (Å²) in [6.45, 7) is 10.3. The fourth-order valence-electron chi connectivity index (χ4n) is 6.34. The lowest BCUT2D eigenvalue weighted by atomic mass is 9.94. The maximum absolute atomic E-state index is 12.5. The van der Waals surface area contributed by atoms with Crippen LogP contribution in [0.2, 0.25) is 0 Å². The molecule has 0 atom stereocenters. The van der Waals surface area contributed by atoms with Crippen molar-refractivity contribution in [3.63, 3.8) is 0 Å². The summed E-state index contributed by atoms with van der Waals surface area (Å²) in [4.78, 5) is 52.4. The van der Waals surface area contributed by atoms with Crippen LogP contribution in [0.25, 0.3) is 33.0 Å². The summed E-state index contributed by atoms with van der Waals surface area (Å²) in [5, 5.41) is 11.1. The van der Waals surface area contributed by atoms with E-state index in [-0.39, 0.29) is 22.5 Å². The molecule has 0 unspecified atom stereocenters. The number of carboxylic acids is 1. The molecule has 4 aromatic rings. The summed E-state index contributed by atoms with van der Waals surface area (Å²) < 4.78 is 3.44. The average Bonchev–Trinajstić information content (AvgIpc) is 3.04. The molecular formula is C37H42N4O5. The molecule has 0 spiro atoms. The molecule has 0 saturated heterocycles. The molecule has 6 rings (SSSR count). The van der Waals surface area contributed by atoms with Gasteiger partial charge in [0.1, 0.15) is 0 Å². The SMILES string of the molecule is CCn1c(=O)cc(C2=CCN(C)CC2)c2cc(C(=O)O)ccc21.CCn1c(=O)cc(C2=CCN(C)CC2)c2cc(C(C)=O)ccc21. The van der Waals surface area contributed by atoms with Crippen LogP contribution >= 0.6 is 0 Å². The molecule has 0 amide bonds. The quantitative estimate of drug-likeness (QED) is 0.288. The van der Waals surface area contributed by atoms with E-state index in [9.17, 15) is 24.3 Å². The summed E-state index contributed by atoms with van der Waals surface area (Å²) in [5.41, 5.74) is 6.77. The van der Waals surface area contributed by atoms with E-state index in [1.54, 1.807) is 46.4 Å². The Morgan fingerprint density at radius 2 is 1.13 bits per heavy atom. The molecule has 0 saturated carbocycles. The van der Waals surface area contributed by atoms with Crippen molar-refractivity contribution in [1.29, 1.82) is 0 Å². The average molecular weight is 623 g/mol. The highest BCUT2D eigenvalue weighted by Crippen LogP contribution is 2.30. The fourth-order valence-corrected chi connectivity index (χ4v) is 6.34. The Hall–Kier alpha value is -4.60. The van der Waals surface area contributed by atoms with E-state index in [1.807, 2.05) is 32.0 Å². The minimum absolute atomic E-state index is 0.0189. The molecule has 0 aliphatic carbocycles. The fraction of sp³-hybridized carbons (Fsp3) is 0.351. The lowest BCUT2D eigenvalue weighted by Crippen LogP contribution is -2.25. The van der Waals surface area contributed by atoms with Crippen molar-refractivity contribution in [2.45, 2.75) is 46.7 Å². The van der Waals surface area contributed by atoms with E-state index < -0.39 is 5.97 Å². The van der Waals surface area contributed by atoms with Crippen molar-refractivity contribution in [1.82, 2.24) is 18.9 Å². The van der Waals surface area contributed by atoms with Gasteiger partial charge in [-0.05, 0) is 106 Å². The molecule has 2 aliphatic rings. The third kappa shape index (κ3) is 6.66. The molecule has 2 aliphatic heterocycles. The highest BCUT2D eigenvalue weighted by molar-refractivity contribution is 6.01. The van der Waals surface area contributed by atoms with Gasteiger partial charge in [-0.1, -0.05) is 12.2 Å². The first-order chi connectivity index (χ1) is 22.0. The van der Waals surface area contributed by atoms with E-state index in [2.05, 4.69) is 36.0 Å². The van der Waals surface area contributed by atoms with Crippen LogP contribution in [0.1, 0.15) is 65.5 Å². The Kier molecular flexibility index (Phi) is 9.84. The molecule has 9 nitrogen and oxygen atoms in total. The molecule has 0 radical (unpaired) electrons. The molecule has 0 fully saturated rings. The minimum atomic E-state index is -0.954. The standard InChI is InChI=1S/C19H22N2O2.C18H20N2O3/c1-4-21-18-6-5-15(13(2)22)11-17(18)16(12-19(21)23)14-7-9-20(3)10-8-14;1-3-20-16-5-4-13(18(22)23)10-15(16)14(11-17(20)21)12-6-8-19(2)9-7-12/h5-7,11-12H,4,8-10H2,1-3H3;4-6,10-11H,3,7-9H2,1-2H3,(H,22,23). The van der Waals surface area contributed by atoms with Crippen LogP contribution in [0, 0.1) is 0 Å². The van der Waals surface area contributed by atoms with Gasteiger partial charge in [0.2, 0.25) is 0 Å². The number of Topliss-reactive ketones (excluding diaryl/α,β-unsaturated/α-hetero) is 1. The van der Waals surface area contributed by atoms with Crippen LogP contribution in [0.15, 0.2) is 70.3 Å². The van der Waals surface area contributed by atoms with Gasteiger partial charge in [-0.3, -0.25) is 14.4 Å². The summed E-state index contributed by atoms with van der Waals surface area (Å²) in [7, 11) is 4.15. The summed E-state index contributed by atoms with van der Waals surface area (Å²) >= 11 is 0. The maximum Gasteiger partial charge on any atom is 0.335 e. The lowest BCUT2D eigenvalue weighted by Gasteiger charge is -2.23. The molecule has 240 valence electrons. The van der Waals surface area contributed by atoms with Crippen molar-refractivity contribution in [2.75, 3.05) is 40.3 Å². The Labute approximate surface area is 268 Å². The zero-order chi connectivity index (χ0) is 33.1. The Balaban J connectivity index is 0.000000181. The van der Waals surface area contributed by atoms with Gasteiger partial charge in [-0.25, -0.2) is 4.79 Å². The number of rotatable bonds is 6. The molecule has 0 bridgehead atoms. The van der Waals surface area contributed by atoms with Crippen LogP contribution in [-0.4, -0.2) is 76.1 Å². The number of aryl methyl sites for hydroxylation is 2. The van der Waals surface area contributed by atoms with Gasteiger partial charge in [0.15, 0.2) is 5.78 Å². The van der Waals surface area contributed by atoms with Crippen LogP contribution in [0.5, 0.6) is 0 Å². The molecular weight excluding hydrogens is 580 g/mol. The predicted octanol–water partition coefficient (Wildman–Crippen LogP) is 5.38. The molecule has 2 aromatic carbocycles. The van der Waals surface area contributed by atoms with Gasteiger partial charge < -0.3 is 24.0 Å². The first kappa shape index (κ1) is 32.8. The number of carbonyl (C=O) groups excluding carboxylic acids is 1. The second kappa shape index (κ2) is 13.8. The van der Waals surface area contributed by atoms with Gasteiger partial charge >= 0.3 is 5.97 Å². The highest BCUT2D eigenvalue weighted by Gasteiger charge is 2.18. The summed E-state index contributed by atoms with van der Waals surface area (Å²) in [6.07, 6.45) is 6.10. The number of carbonyl (C=O) groups is 2. The van der Waals surface area contributed by atoms with Crippen molar-refractivity contribution < 1.29 is 14.7 Å². The second-order valence-electron chi connectivity index (χ2n) is 12.1. The highest BCUT2D eigenvalue weighted by atomic mass is 16.4. The third-order valence-electron chi connectivity index (χ3n) is 9.03. The van der Waals surface area contributed by atoms with Gasteiger partial charge in [0, 0.05) is 67.7 Å². The van der Waals surface area contributed by atoms with Gasteiger partial charge in [-0.2, -0.15) is 0 Å². The molecule has 9 heteroatoms. The zero-order valence-electron chi connectivity index (χ0n) is 27.3. The van der Waals surface area contributed by atoms with Crippen LogP contribution in [0.4, 0.5) is 0 Å². The number of hydrogen-bond acceptors (Lipinski definition) is 6. The number of fused-ring (bicyclic) bond motifs is 2. The molecule has 46 heavy (non-hydrogen) atoms. The number of pyridine rings is 2. The van der Waals surface area contributed by atoms with Crippen molar-refractivity contribution >= 4 is 44.7 Å². The van der Waals surface area contributed by atoms with Crippen molar-refractivity contribution in [3.8, 4) is 0 Å².